The first-order valence-corrected chi connectivity index (χ1v) is 3.24. The van der Waals surface area contributed by atoms with Gasteiger partial charge in [0, 0.05) is 20.6 Å². The quantitative estimate of drug-likeness (QED) is 0.364. The smallest absolute Gasteiger partial charge is 0.0681 e. The van der Waals surface area contributed by atoms with Crippen LogP contribution in [0.5, 0.6) is 0 Å². The first-order valence-electron chi connectivity index (χ1n) is 4.24. The highest BCUT2D eigenvalue weighted by molar-refractivity contribution is 5.08. The van der Waals surface area contributed by atoms with Crippen LogP contribution in [0.15, 0.2) is 11.2 Å². The van der Waals surface area contributed by atoms with E-state index in [0.29, 0.717) is 6.54 Å². The predicted molar refractivity (Wildman–Crippen MR) is 42.9 cm³/mol. The van der Waals surface area contributed by atoms with Gasteiger partial charge in [-0.25, -0.2) is 0 Å². The predicted octanol–water partition coefficient (Wildman–Crippen LogP) is 1.78. The van der Waals surface area contributed by atoms with Crippen LogP contribution in [0.4, 0.5) is 0 Å². The number of aryl methyl sites for hydroxylation is 2. The van der Waals surface area contributed by atoms with E-state index in [4.69, 9.17) is 8.50 Å². The highest BCUT2D eigenvalue weighted by atomic mass is 15.3. The molecule has 0 aliphatic heterocycles. The third kappa shape index (κ3) is 1.72. The first kappa shape index (κ1) is 6.24. The number of aromatic nitrogens is 2. The molecule has 0 saturated heterocycles. The Kier molecular flexibility index (Phi) is 1.74. The van der Waals surface area contributed by atoms with Gasteiger partial charge < -0.3 is 0 Å². The van der Waals surface area contributed by atoms with Crippen molar-refractivity contribution in [2.45, 2.75) is 13.5 Å². The fraction of sp³-hybridized carbons (Fsp3) is 0.500. The molecule has 0 atom stereocenters. The van der Waals surface area contributed by atoms with Gasteiger partial charge in [-0.1, -0.05) is 5.11 Å². The maximum atomic E-state index is 8.05. The molecule has 0 amide bonds. The Labute approximate surface area is 67.4 Å². The summed E-state index contributed by atoms with van der Waals surface area (Å²) in [5.41, 5.74) is 9.93. The van der Waals surface area contributed by atoms with Crippen LogP contribution >= 0.6 is 0 Å². The zero-order valence-corrected chi connectivity index (χ0v) is 6.52. The number of nitrogens with zero attached hydrogens (tertiary/aromatic N) is 5. The van der Waals surface area contributed by atoms with Crippen molar-refractivity contribution in [3.8, 4) is 0 Å². The highest BCUT2D eigenvalue weighted by Crippen LogP contribution is 2.02. The maximum Gasteiger partial charge on any atom is 0.0681 e. The van der Waals surface area contributed by atoms with E-state index in [-0.39, 0.29) is 0 Å². The van der Waals surface area contributed by atoms with Crippen molar-refractivity contribution in [2.24, 2.45) is 12.2 Å². The Morgan fingerprint density at radius 2 is 2.73 bits per heavy atom. The van der Waals surface area contributed by atoms with Crippen molar-refractivity contribution in [3.05, 3.63) is 27.9 Å². The van der Waals surface area contributed by atoms with Crippen molar-refractivity contribution >= 4 is 0 Å². The lowest BCUT2D eigenvalue weighted by atomic mass is 10.4. The van der Waals surface area contributed by atoms with Crippen LogP contribution in [-0.4, -0.2) is 9.78 Å². The Morgan fingerprint density at radius 1 is 2.00 bits per heavy atom. The molecule has 0 aliphatic carbocycles. The van der Waals surface area contributed by atoms with E-state index < -0.39 is 0 Å². The zero-order valence-electron chi connectivity index (χ0n) is 8.52. The van der Waals surface area contributed by atoms with Gasteiger partial charge in [0.25, 0.3) is 0 Å². The Balaban J connectivity index is 0.000000671. The van der Waals surface area contributed by atoms with E-state index in [9.17, 15) is 0 Å². The van der Waals surface area contributed by atoms with Gasteiger partial charge in [0.05, 0.1) is 12.2 Å². The minimum absolute atomic E-state index is 0.369. The maximum absolute atomic E-state index is 8.05. The third-order valence-electron chi connectivity index (χ3n) is 1.39. The van der Waals surface area contributed by atoms with Gasteiger partial charge in [-0.15, -0.1) is 0 Å². The minimum Gasteiger partial charge on any atom is -0.272 e. The minimum atomic E-state index is 0.369. The van der Waals surface area contributed by atoms with Gasteiger partial charge in [0.2, 0.25) is 0 Å². The van der Waals surface area contributed by atoms with Gasteiger partial charge in [-0.05, 0) is 18.5 Å². The molecule has 1 aromatic rings. The summed E-state index contributed by atoms with van der Waals surface area (Å²) in [6.07, 6.45) is 0. The topological polar surface area (TPSA) is 66.6 Å². The standard InChI is InChI=1S/C6H9N5.H2/c1-5-3-6(4-8-10-7)11(2)9-5;/h3H,4H2,1-2H3;1H/i;1+1D. The molecular weight excluding hydrogens is 142 g/mol. The average Bonchev–Trinajstić information content (AvgIpc) is 2.45. The zero-order chi connectivity index (χ0) is 10.3. The van der Waals surface area contributed by atoms with Crippen LogP contribution in [0, 0.1) is 6.92 Å². The highest BCUT2D eigenvalue weighted by Gasteiger charge is 1.98. The molecule has 0 N–H and O–H groups in total. The van der Waals surface area contributed by atoms with Gasteiger partial charge in [-0.2, -0.15) is 5.10 Å². The third-order valence-corrected chi connectivity index (χ3v) is 1.39. The summed E-state index contributed by atoms with van der Waals surface area (Å²) in [5, 5.41) is 7.53. The normalized spacial score (nSPS) is 10.0. The Hall–Kier alpha value is -1.48. The van der Waals surface area contributed by atoms with E-state index in [1.165, 1.54) is 0 Å². The Morgan fingerprint density at radius 3 is 3.18 bits per heavy atom. The van der Waals surface area contributed by atoms with E-state index in [1.807, 2.05) is 20.0 Å². The SMILES string of the molecule is Cc1cc(CN=[N+]=[N-])n(C)n1.[2H][2H]. The van der Waals surface area contributed by atoms with Crippen LogP contribution in [-0.2, 0) is 13.6 Å². The summed E-state index contributed by atoms with van der Waals surface area (Å²) in [6, 6.07) is 1.90. The van der Waals surface area contributed by atoms with E-state index in [1.54, 1.807) is 4.68 Å². The molecule has 0 aliphatic rings. The van der Waals surface area contributed by atoms with Gasteiger partial charge in [-0.3, -0.25) is 4.68 Å². The second-order valence-corrected chi connectivity index (χ2v) is 2.29. The summed E-state index contributed by atoms with van der Waals surface area (Å²) in [6.45, 7) is 2.27. The molecule has 5 heteroatoms. The van der Waals surface area contributed by atoms with Crippen molar-refractivity contribution in [2.75, 3.05) is 0 Å². The van der Waals surface area contributed by atoms with E-state index in [0.717, 1.165) is 11.4 Å². The molecular formula is C6H11N5. The molecule has 1 rings (SSSR count). The fourth-order valence-corrected chi connectivity index (χ4v) is 0.916. The van der Waals surface area contributed by atoms with Gasteiger partial charge in [0.15, 0.2) is 0 Å². The lowest BCUT2D eigenvalue weighted by molar-refractivity contribution is 0.704. The molecule has 0 saturated carbocycles. The number of rotatable bonds is 2. The number of hydrogen-bond donors (Lipinski definition) is 0. The first-order chi connectivity index (χ1) is 6.24. The lowest BCUT2D eigenvalue weighted by Gasteiger charge is -1.93. The molecule has 1 heterocycles. The summed E-state index contributed by atoms with van der Waals surface area (Å²) in [5.74, 6) is 0. The molecule has 0 fully saturated rings. The second-order valence-electron chi connectivity index (χ2n) is 2.29. The van der Waals surface area contributed by atoms with Crippen molar-refractivity contribution in [3.63, 3.8) is 0 Å². The van der Waals surface area contributed by atoms with Gasteiger partial charge in [0.1, 0.15) is 0 Å². The molecule has 0 radical (unpaired) electrons. The van der Waals surface area contributed by atoms with Crippen LogP contribution < -0.4 is 0 Å². The van der Waals surface area contributed by atoms with Crippen LogP contribution in [0.1, 0.15) is 14.4 Å². The molecule has 0 spiro atoms. The van der Waals surface area contributed by atoms with Gasteiger partial charge >= 0.3 is 0 Å². The van der Waals surface area contributed by atoms with Crippen LogP contribution in [0.3, 0.4) is 0 Å². The average molecular weight is 155 g/mol. The molecule has 0 aromatic carbocycles. The summed E-state index contributed by atoms with van der Waals surface area (Å²) < 4.78 is 11.7. The second kappa shape index (κ2) is 3.07. The van der Waals surface area contributed by atoms with Crippen LogP contribution in [0.25, 0.3) is 10.4 Å². The molecule has 60 valence electrons. The van der Waals surface area contributed by atoms with E-state index >= 15 is 0 Å². The summed E-state index contributed by atoms with van der Waals surface area (Å²) in [4.78, 5) is 2.67. The summed E-state index contributed by atoms with van der Waals surface area (Å²) in [7, 11) is 1.83. The number of hydrogen-bond acceptors (Lipinski definition) is 2. The number of azide groups is 1. The van der Waals surface area contributed by atoms with Crippen molar-refractivity contribution in [1.82, 2.24) is 9.78 Å². The Bertz CT molecular complexity index is 302. The van der Waals surface area contributed by atoms with Crippen molar-refractivity contribution < 1.29 is 2.97 Å². The summed E-state index contributed by atoms with van der Waals surface area (Å²) >= 11 is 0. The largest absolute Gasteiger partial charge is 0.272 e. The fourth-order valence-electron chi connectivity index (χ4n) is 0.916. The lowest BCUT2D eigenvalue weighted by Crippen LogP contribution is -1.95. The molecule has 0 unspecified atom stereocenters. The van der Waals surface area contributed by atoms with Crippen LogP contribution in [0.2, 0.25) is 0 Å². The van der Waals surface area contributed by atoms with E-state index in [2.05, 4.69) is 15.1 Å². The molecule has 1 aromatic heterocycles. The molecule has 0 bridgehead atoms. The monoisotopic (exact) mass is 155 g/mol. The van der Waals surface area contributed by atoms with Crippen molar-refractivity contribution in [1.29, 1.82) is 0 Å². The molecule has 11 heavy (non-hydrogen) atoms. The molecule has 5 nitrogen and oxygen atoms in total.